The number of hydrogen-bond donors (Lipinski definition) is 0. The van der Waals surface area contributed by atoms with Crippen molar-refractivity contribution >= 4 is 72.4 Å². The van der Waals surface area contributed by atoms with Crippen molar-refractivity contribution in [3.8, 4) is 22.5 Å². The molecule has 0 aliphatic rings. The van der Waals surface area contributed by atoms with Gasteiger partial charge in [-0.25, -0.2) is 0 Å². The lowest BCUT2D eigenvalue weighted by Gasteiger charge is -2.34. The molecule has 2 nitrogen and oxygen atoms in total. The molecule has 9 aromatic carbocycles. The van der Waals surface area contributed by atoms with Gasteiger partial charge in [0.1, 0.15) is 0 Å². The maximum Gasteiger partial charge on any atom is 0.179 e. The molecule has 0 spiro atoms. The smallest absolute Gasteiger partial charge is 0.179 e. The molecule has 3 heteroatoms. The zero-order valence-corrected chi connectivity index (χ0v) is 32.3. The second kappa shape index (κ2) is 13.5. The van der Waals surface area contributed by atoms with E-state index in [4.69, 9.17) is 0 Å². The predicted molar refractivity (Wildman–Crippen MR) is 244 cm³/mol. The molecule has 11 rings (SSSR count). The van der Waals surface area contributed by atoms with Crippen molar-refractivity contribution in [3.63, 3.8) is 0 Å². The number of para-hydroxylation sites is 2. The van der Waals surface area contributed by atoms with Crippen LogP contribution < -0.4 is 20.7 Å². The van der Waals surface area contributed by atoms with Crippen LogP contribution in [0.15, 0.2) is 231 Å². The molecule has 57 heavy (non-hydrogen) atoms. The third-order valence-electron chi connectivity index (χ3n) is 11.9. The number of fused-ring (bicyclic) bond motifs is 6. The minimum Gasteiger partial charge on any atom is -0.309 e. The van der Waals surface area contributed by atoms with Crippen LogP contribution in [-0.2, 0) is 0 Å². The lowest BCUT2D eigenvalue weighted by Crippen LogP contribution is -2.74. The normalized spacial score (nSPS) is 11.9. The van der Waals surface area contributed by atoms with Gasteiger partial charge in [-0.3, -0.25) is 0 Å². The molecule has 0 atom stereocenters. The number of rotatable bonds is 7. The summed E-state index contributed by atoms with van der Waals surface area (Å²) in [6, 6.07) is 85.1. The third-order valence-corrected chi connectivity index (χ3v) is 16.7. The highest BCUT2D eigenvalue weighted by atomic mass is 28.3. The van der Waals surface area contributed by atoms with Crippen molar-refractivity contribution in [2.75, 3.05) is 0 Å². The lowest BCUT2D eigenvalue weighted by molar-refractivity contribution is 1.17. The van der Waals surface area contributed by atoms with E-state index in [1.165, 1.54) is 81.2 Å². The fourth-order valence-electron chi connectivity index (χ4n) is 9.43. The average Bonchev–Trinajstić information content (AvgIpc) is 3.81. The Morgan fingerprint density at radius 3 is 1.37 bits per heavy atom. The van der Waals surface area contributed by atoms with Gasteiger partial charge in [0, 0.05) is 27.2 Å². The van der Waals surface area contributed by atoms with E-state index in [9.17, 15) is 0 Å². The topological polar surface area (TPSA) is 9.86 Å². The molecule has 0 aliphatic carbocycles. The van der Waals surface area contributed by atoms with E-state index in [1.54, 1.807) is 0 Å². The van der Waals surface area contributed by atoms with Crippen LogP contribution in [0.2, 0.25) is 0 Å². The molecular formula is C54H38N2Si. The van der Waals surface area contributed by atoms with E-state index in [-0.39, 0.29) is 0 Å². The van der Waals surface area contributed by atoms with E-state index in [0.717, 1.165) is 5.69 Å². The van der Waals surface area contributed by atoms with Crippen LogP contribution in [-0.4, -0.2) is 17.2 Å². The van der Waals surface area contributed by atoms with Gasteiger partial charge in [0.25, 0.3) is 0 Å². The maximum atomic E-state index is 2.52. The first kappa shape index (κ1) is 33.2. The SMILES string of the molecule is c1ccc(-c2ccc(-n3c4ccccc4c4c(-n5c6ccccc6c6cc([Si](c7ccccc7)(c7ccccc7)c7ccccc7)ccc65)cccc43)cc2)cc1. The third kappa shape index (κ3) is 5.17. The molecule has 268 valence electrons. The molecule has 0 saturated carbocycles. The Kier molecular flexibility index (Phi) is 7.87. The molecular weight excluding hydrogens is 705 g/mol. The first-order chi connectivity index (χ1) is 28.3. The van der Waals surface area contributed by atoms with Crippen LogP contribution in [0.1, 0.15) is 0 Å². The van der Waals surface area contributed by atoms with Gasteiger partial charge in [0.15, 0.2) is 8.07 Å². The molecule has 0 aliphatic heterocycles. The van der Waals surface area contributed by atoms with E-state index in [1.807, 2.05) is 0 Å². The molecule has 0 bridgehead atoms. The number of benzene rings is 9. The van der Waals surface area contributed by atoms with Gasteiger partial charge in [0.05, 0.1) is 27.8 Å². The minimum absolute atomic E-state index is 1.15. The first-order valence-electron chi connectivity index (χ1n) is 19.7. The Hall–Kier alpha value is -7.20. The van der Waals surface area contributed by atoms with Crippen molar-refractivity contribution in [1.29, 1.82) is 0 Å². The second-order valence-corrected chi connectivity index (χ2v) is 18.7. The fraction of sp³-hybridized carbons (Fsp3) is 0. The highest BCUT2D eigenvalue weighted by molar-refractivity contribution is 7.20. The molecule has 0 unspecified atom stereocenters. The van der Waals surface area contributed by atoms with Crippen LogP contribution in [0.25, 0.3) is 66.1 Å². The summed E-state index contributed by atoms with van der Waals surface area (Å²) in [7, 11) is -2.73. The van der Waals surface area contributed by atoms with Gasteiger partial charge < -0.3 is 9.13 Å². The van der Waals surface area contributed by atoms with Gasteiger partial charge in [-0.05, 0) is 74.3 Å². The summed E-state index contributed by atoms with van der Waals surface area (Å²) in [6.07, 6.45) is 0. The number of aromatic nitrogens is 2. The zero-order chi connectivity index (χ0) is 37.8. The molecule has 2 heterocycles. The maximum absolute atomic E-state index is 2.73. The summed E-state index contributed by atoms with van der Waals surface area (Å²) < 4.78 is 4.93. The molecule has 0 fully saturated rings. The van der Waals surface area contributed by atoms with Gasteiger partial charge in [-0.1, -0.05) is 188 Å². The van der Waals surface area contributed by atoms with Crippen molar-refractivity contribution in [3.05, 3.63) is 231 Å². The van der Waals surface area contributed by atoms with Crippen molar-refractivity contribution in [1.82, 2.24) is 9.13 Å². The summed E-state index contributed by atoms with van der Waals surface area (Å²) in [5.41, 5.74) is 9.55. The quantitative estimate of drug-likeness (QED) is 0.114. The molecule has 0 saturated heterocycles. The van der Waals surface area contributed by atoms with Gasteiger partial charge in [0.2, 0.25) is 0 Å². The Bertz CT molecular complexity index is 3100. The molecule has 0 N–H and O–H groups in total. The average molecular weight is 743 g/mol. The predicted octanol–water partition coefficient (Wildman–Crippen LogP) is 10.9. The lowest BCUT2D eigenvalue weighted by atomic mass is 10.1. The van der Waals surface area contributed by atoms with Crippen LogP contribution in [0.5, 0.6) is 0 Å². The summed E-state index contributed by atoms with van der Waals surface area (Å²) >= 11 is 0. The van der Waals surface area contributed by atoms with Crippen molar-refractivity contribution in [2.45, 2.75) is 0 Å². The van der Waals surface area contributed by atoms with Crippen molar-refractivity contribution in [2.24, 2.45) is 0 Å². The van der Waals surface area contributed by atoms with Crippen LogP contribution in [0.3, 0.4) is 0 Å². The zero-order valence-electron chi connectivity index (χ0n) is 31.3. The van der Waals surface area contributed by atoms with E-state index in [0.29, 0.717) is 0 Å². The standard InChI is InChI=1S/C54H38N2Si/c1-5-18-39(19-6-1)40-32-34-41(35-33-40)55-50-29-16-14-27-47(50)54-52(55)30-17-31-53(54)56-49-28-15-13-26-46(49)48-38-45(36-37-51(48)56)57(42-20-7-2-8-21-42,43-22-9-3-10-23-43)44-24-11-4-12-25-44/h1-38H. The first-order valence-corrected chi connectivity index (χ1v) is 21.7. The summed E-state index contributed by atoms with van der Waals surface area (Å²) in [4.78, 5) is 0. The highest BCUT2D eigenvalue weighted by Crippen LogP contribution is 2.40. The largest absolute Gasteiger partial charge is 0.309 e. The van der Waals surface area contributed by atoms with E-state index >= 15 is 0 Å². The van der Waals surface area contributed by atoms with E-state index in [2.05, 4.69) is 240 Å². The van der Waals surface area contributed by atoms with Crippen LogP contribution in [0.4, 0.5) is 0 Å². The summed E-state index contributed by atoms with van der Waals surface area (Å²) in [5.74, 6) is 0. The molecule has 11 aromatic rings. The second-order valence-electron chi connectivity index (χ2n) is 14.9. The Balaban J connectivity index is 1.17. The molecule has 2 aromatic heterocycles. The minimum atomic E-state index is -2.73. The Morgan fingerprint density at radius 1 is 0.281 bits per heavy atom. The summed E-state index contributed by atoms with van der Waals surface area (Å²) in [6.45, 7) is 0. The monoisotopic (exact) mass is 742 g/mol. The van der Waals surface area contributed by atoms with E-state index < -0.39 is 8.07 Å². The Morgan fingerprint density at radius 2 is 0.754 bits per heavy atom. The molecule has 0 amide bonds. The highest BCUT2D eigenvalue weighted by Gasteiger charge is 2.41. The number of nitrogens with zero attached hydrogens (tertiary/aromatic N) is 2. The Labute approximate surface area is 333 Å². The van der Waals surface area contributed by atoms with Crippen LogP contribution >= 0.6 is 0 Å². The van der Waals surface area contributed by atoms with Gasteiger partial charge in [-0.2, -0.15) is 0 Å². The fourth-order valence-corrected chi connectivity index (χ4v) is 14.2. The number of hydrogen-bond acceptors (Lipinski definition) is 0. The van der Waals surface area contributed by atoms with Gasteiger partial charge >= 0.3 is 0 Å². The summed E-state index contributed by atoms with van der Waals surface area (Å²) in [5, 5.41) is 10.5. The molecule has 0 radical (unpaired) electrons. The van der Waals surface area contributed by atoms with Crippen molar-refractivity contribution < 1.29 is 0 Å². The van der Waals surface area contributed by atoms with Crippen LogP contribution in [0, 0.1) is 0 Å². The van der Waals surface area contributed by atoms with Gasteiger partial charge in [-0.15, -0.1) is 0 Å².